The lowest BCUT2D eigenvalue weighted by molar-refractivity contribution is -0.116. The first kappa shape index (κ1) is 18.3. The van der Waals surface area contributed by atoms with Gasteiger partial charge in [0.25, 0.3) is 5.91 Å². The number of rotatable bonds is 3. The molecule has 4 rings (SSSR count). The molecule has 28 heavy (non-hydrogen) atoms. The molecule has 3 heterocycles. The molecule has 0 saturated heterocycles. The van der Waals surface area contributed by atoms with Crippen molar-refractivity contribution in [3.8, 4) is 11.3 Å². The highest BCUT2D eigenvalue weighted by atomic mass is 32.1. The topological polar surface area (TPSA) is 75.2 Å². The van der Waals surface area contributed by atoms with Gasteiger partial charge in [-0.3, -0.25) is 19.9 Å². The second-order valence-corrected chi connectivity index (χ2v) is 8.11. The smallest absolute Gasteiger partial charge is 0.259 e. The van der Waals surface area contributed by atoms with E-state index in [-0.39, 0.29) is 17.9 Å². The molecule has 0 saturated carbocycles. The second-order valence-electron chi connectivity index (χ2n) is 6.91. The number of nitrogens with zero attached hydrogens (tertiary/aromatic N) is 3. The highest BCUT2D eigenvalue weighted by Gasteiger charge is 2.29. The number of aryl methyl sites for hydroxylation is 1. The fourth-order valence-electron chi connectivity index (χ4n) is 3.64. The van der Waals surface area contributed by atoms with Gasteiger partial charge in [-0.15, -0.1) is 11.3 Å². The number of carbonyl (C=O) groups is 2. The number of thiazole rings is 1. The van der Waals surface area contributed by atoms with Crippen molar-refractivity contribution < 1.29 is 9.59 Å². The van der Waals surface area contributed by atoms with Gasteiger partial charge < -0.3 is 4.90 Å². The minimum atomic E-state index is -0.228. The fourth-order valence-corrected chi connectivity index (χ4v) is 4.47. The zero-order valence-corrected chi connectivity index (χ0v) is 16.7. The summed E-state index contributed by atoms with van der Waals surface area (Å²) >= 11 is 1.44. The highest BCUT2D eigenvalue weighted by molar-refractivity contribution is 7.16. The van der Waals surface area contributed by atoms with Gasteiger partial charge in [-0.2, -0.15) is 0 Å². The molecule has 1 atom stereocenters. The third-order valence-electron chi connectivity index (χ3n) is 4.85. The molecule has 2 amide bonds. The summed E-state index contributed by atoms with van der Waals surface area (Å²) in [5.41, 5.74) is 4.46. The largest absolute Gasteiger partial charge is 0.309 e. The Balaban J connectivity index is 1.60. The van der Waals surface area contributed by atoms with E-state index in [0.717, 1.165) is 33.8 Å². The van der Waals surface area contributed by atoms with Crippen molar-refractivity contribution in [2.45, 2.75) is 33.2 Å². The van der Waals surface area contributed by atoms with E-state index in [4.69, 9.17) is 0 Å². The summed E-state index contributed by atoms with van der Waals surface area (Å²) < 4.78 is 0. The Labute approximate surface area is 167 Å². The van der Waals surface area contributed by atoms with Gasteiger partial charge in [0, 0.05) is 41.5 Å². The maximum absolute atomic E-state index is 12.3. The average Bonchev–Trinajstić information content (AvgIpc) is 3.20. The molecule has 7 heteroatoms. The van der Waals surface area contributed by atoms with Gasteiger partial charge in [-0.25, -0.2) is 4.98 Å². The van der Waals surface area contributed by atoms with Crippen molar-refractivity contribution in [1.82, 2.24) is 9.97 Å². The number of nitrogens with one attached hydrogen (secondary N) is 1. The number of hydrogen-bond acceptors (Lipinski definition) is 5. The molecular weight excluding hydrogens is 372 g/mol. The van der Waals surface area contributed by atoms with E-state index in [2.05, 4.69) is 28.3 Å². The van der Waals surface area contributed by atoms with Crippen molar-refractivity contribution in [2.24, 2.45) is 0 Å². The normalized spacial score (nSPS) is 15.4. The van der Waals surface area contributed by atoms with Gasteiger partial charge in [-0.1, -0.05) is 6.07 Å². The molecular formula is C21H20N4O2S. The third-order valence-corrected chi connectivity index (χ3v) is 5.73. The number of hydrogen-bond donors (Lipinski definition) is 1. The Morgan fingerprint density at radius 3 is 2.82 bits per heavy atom. The molecule has 1 aliphatic rings. The molecule has 0 spiro atoms. The van der Waals surface area contributed by atoms with Crippen LogP contribution in [0.1, 0.15) is 34.6 Å². The van der Waals surface area contributed by atoms with E-state index in [0.29, 0.717) is 10.7 Å². The number of anilines is 2. The lowest BCUT2D eigenvalue weighted by Gasteiger charge is -2.20. The quantitative estimate of drug-likeness (QED) is 0.729. The molecule has 1 aliphatic heterocycles. The van der Waals surface area contributed by atoms with E-state index in [9.17, 15) is 9.59 Å². The van der Waals surface area contributed by atoms with Gasteiger partial charge in [0.2, 0.25) is 5.91 Å². The van der Waals surface area contributed by atoms with Crippen LogP contribution in [0.4, 0.5) is 10.8 Å². The third kappa shape index (κ3) is 3.29. The van der Waals surface area contributed by atoms with Crippen LogP contribution in [-0.2, 0) is 11.2 Å². The molecule has 142 valence electrons. The van der Waals surface area contributed by atoms with E-state index < -0.39 is 0 Å². The number of fused-ring (bicyclic) bond motifs is 1. The van der Waals surface area contributed by atoms with Gasteiger partial charge in [0.05, 0.1) is 11.3 Å². The van der Waals surface area contributed by atoms with E-state index in [1.165, 1.54) is 17.5 Å². The number of amides is 2. The SMILES string of the molecule is CC(=O)N1c2ccc(-c3nc(NC(=O)c4cccnc4)sc3C)cc2CC1C. The molecule has 1 aromatic carbocycles. The van der Waals surface area contributed by atoms with Gasteiger partial charge in [0.15, 0.2) is 5.13 Å². The van der Waals surface area contributed by atoms with Crippen molar-refractivity contribution in [3.05, 3.63) is 58.7 Å². The zero-order chi connectivity index (χ0) is 19.8. The molecule has 6 nitrogen and oxygen atoms in total. The predicted octanol–water partition coefficient (Wildman–Crippen LogP) is 4.06. The van der Waals surface area contributed by atoms with Crippen LogP contribution in [0.25, 0.3) is 11.3 Å². The van der Waals surface area contributed by atoms with Crippen LogP contribution < -0.4 is 10.2 Å². The van der Waals surface area contributed by atoms with Crippen LogP contribution in [-0.4, -0.2) is 27.8 Å². The first-order chi connectivity index (χ1) is 13.4. The van der Waals surface area contributed by atoms with Crippen LogP contribution in [0.15, 0.2) is 42.7 Å². The van der Waals surface area contributed by atoms with Crippen LogP contribution in [0, 0.1) is 6.92 Å². The van der Waals surface area contributed by atoms with E-state index >= 15 is 0 Å². The molecule has 3 aromatic rings. The summed E-state index contributed by atoms with van der Waals surface area (Å²) in [6.45, 7) is 5.65. The van der Waals surface area contributed by atoms with Gasteiger partial charge in [-0.05, 0) is 50.1 Å². The van der Waals surface area contributed by atoms with Crippen molar-refractivity contribution in [1.29, 1.82) is 0 Å². The maximum atomic E-state index is 12.3. The van der Waals surface area contributed by atoms with Crippen molar-refractivity contribution in [3.63, 3.8) is 0 Å². The van der Waals surface area contributed by atoms with Gasteiger partial charge in [0.1, 0.15) is 0 Å². The molecule has 1 N–H and O–H groups in total. The summed E-state index contributed by atoms with van der Waals surface area (Å²) in [5.74, 6) is -0.169. The Morgan fingerprint density at radius 2 is 2.11 bits per heavy atom. The Morgan fingerprint density at radius 1 is 1.29 bits per heavy atom. The summed E-state index contributed by atoms with van der Waals surface area (Å²) in [6, 6.07) is 9.68. The highest BCUT2D eigenvalue weighted by Crippen LogP contribution is 2.37. The van der Waals surface area contributed by atoms with Crippen LogP contribution >= 0.6 is 11.3 Å². The first-order valence-electron chi connectivity index (χ1n) is 9.06. The standard InChI is InChI=1S/C21H20N4O2S/c1-12-9-17-10-15(6-7-18(17)25(12)14(3)26)19-13(2)28-21(23-19)24-20(27)16-5-4-8-22-11-16/h4-8,10-12H,9H2,1-3H3,(H,23,24,27). The number of carbonyl (C=O) groups excluding carboxylic acids is 2. The lowest BCUT2D eigenvalue weighted by Crippen LogP contribution is -2.33. The summed E-state index contributed by atoms with van der Waals surface area (Å²) in [4.78, 5) is 35.7. The zero-order valence-electron chi connectivity index (χ0n) is 15.9. The second kappa shape index (κ2) is 7.16. The summed E-state index contributed by atoms with van der Waals surface area (Å²) in [6.07, 6.45) is 3.99. The minimum Gasteiger partial charge on any atom is -0.309 e. The van der Waals surface area contributed by atoms with E-state index in [1.54, 1.807) is 25.3 Å². The maximum Gasteiger partial charge on any atom is 0.259 e. The Hall–Kier alpha value is -3.06. The summed E-state index contributed by atoms with van der Waals surface area (Å²) in [5, 5.41) is 3.40. The summed E-state index contributed by atoms with van der Waals surface area (Å²) in [7, 11) is 0. The molecule has 2 aromatic heterocycles. The monoisotopic (exact) mass is 392 g/mol. The Kier molecular flexibility index (Phi) is 4.68. The molecule has 0 bridgehead atoms. The lowest BCUT2D eigenvalue weighted by atomic mass is 10.0. The first-order valence-corrected chi connectivity index (χ1v) is 9.87. The minimum absolute atomic E-state index is 0.0595. The van der Waals surface area contributed by atoms with E-state index in [1.807, 2.05) is 24.0 Å². The van der Waals surface area contributed by atoms with Crippen molar-refractivity contribution in [2.75, 3.05) is 10.2 Å². The Bertz CT molecular complexity index is 1060. The molecule has 1 unspecified atom stereocenters. The number of benzene rings is 1. The number of pyridine rings is 1. The number of aromatic nitrogens is 2. The van der Waals surface area contributed by atoms with Gasteiger partial charge >= 0.3 is 0 Å². The van der Waals surface area contributed by atoms with Crippen LogP contribution in [0.2, 0.25) is 0 Å². The molecule has 0 radical (unpaired) electrons. The average molecular weight is 392 g/mol. The van der Waals surface area contributed by atoms with Crippen LogP contribution in [0.3, 0.4) is 0 Å². The predicted molar refractivity (Wildman–Crippen MR) is 111 cm³/mol. The van der Waals surface area contributed by atoms with Crippen molar-refractivity contribution >= 4 is 34.0 Å². The molecule has 0 aliphatic carbocycles. The fraction of sp³-hybridized carbons (Fsp3) is 0.238. The van der Waals surface area contributed by atoms with Crippen LogP contribution in [0.5, 0.6) is 0 Å². The molecule has 0 fully saturated rings.